The van der Waals surface area contributed by atoms with Crippen molar-refractivity contribution >= 4 is 22.7 Å². The van der Waals surface area contributed by atoms with E-state index in [1.807, 2.05) is 29.2 Å². The lowest BCUT2D eigenvalue weighted by molar-refractivity contribution is -0.123. The number of aromatic nitrogens is 2. The van der Waals surface area contributed by atoms with E-state index in [0.717, 1.165) is 23.7 Å². The lowest BCUT2D eigenvalue weighted by Gasteiger charge is -2.35. The van der Waals surface area contributed by atoms with Crippen LogP contribution in [0.15, 0.2) is 24.3 Å². The van der Waals surface area contributed by atoms with Gasteiger partial charge in [-0.15, -0.1) is 0 Å². The maximum Gasteiger partial charge on any atom is 0.275 e. The Bertz CT molecular complexity index is 723. The van der Waals surface area contributed by atoms with Crippen LogP contribution in [0.4, 0.5) is 0 Å². The number of aromatic amines is 1. The van der Waals surface area contributed by atoms with E-state index in [-0.39, 0.29) is 23.8 Å². The van der Waals surface area contributed by atoms with Gasteiger partial charge in [-0.05, 0) is 18.9 Å². The number of hydrogen-bond acceptors (Lipinski definition) is 3. The number of H-pyrrole nitrogens is 1. The number of carbonyl (C=O) groups excluding carboxylic acids is 2. The molecular weight excluding hydrogens is 268 g/mol. The summed E-state index contributed by atoms with van der Waals surface area (Å²) >= 11 is 0. The van der Waals surface area contributed by atoms with Crippen molar-refractivity contribution < 1.29 is 9.59 Å². The van der Waals surface area contributed by atoms with Crippen LogP contribution >= 0.6 is 0 Å². The third-order valence-corrected chi connectivity index (χ3v) is 4.53. The highest BCUT2D eigenvalue weighted by atomic mass is 16.2. The van der Waals surface area contributed by atoms with Gasteiger partial charge in [0.15, 0.2) is 5.69 Å². The number of nitrogens with zero attached hydrogens (tertiary/aromatic N) is 2. The summed E-state index contributed by atoms with van der Waals surface area (Å²) in [5.74, 6) is -0.0732. The van der Waals surface area contributed by atoms with Crippen molar-refractivity contribution in [1.29, 1.82) is 0 Å². The second-order valence-corrected chi connectivity index (χ2v) is 5.68. The molecule has 4 rings (SSSR count). The van der Waals surface area contributed by atoms with Crippen molar-refractivity contribution in [3.63, 3.8) is 0 Å². The van der Waals surface area contributed by atoms with E-state index >= 15 is 0 Å². The molecule has 1 aromatic heterocycles. The molecule has 2 fully saturated rings. The van der Waals surface area contributed by atoms with Crippen molar-refractivity contribution in [2.75, 3.05) is 13.1 Å². The van der Waals surface area contributed by atoms with Gasteiger partial charge in [-0.3, -0.25) is 14.7 Å². The summed E-state index contributed by atoms with van der Waals surface area (Å²) in [5.41, 5.74) is 1.31. The fraction of sp³-hybridized carbons (Fsp3) is 0.400. The third-order valence-electron chi connectivity index (χ3n) is 4.53. The van der Waals surface area contributed by atoms with E-state index in [9.17, 15) is 9.59 Å². The molecule has 2 aliphatic rings. The number of likely N-dealkylation sites (tertiary alicyclic amines) is 1. The van der Waals surface area contributed by atoms with E-state index in [2.05, 4.69) is 15.5 Å². The number of carbonyl (C=O) groups is 2. The van der Waals surface area contributed by atoms with Gasteiger partial charge in [0.1, 0.15) is 0 Å². The molecule has 0 spiro atoms. The number of rotatable bonds is 1. The van der Waals surface area contributed by atoms with Crippen LogP contribution in [-0.2, 0) is 4.79 Å². The first-order chi connectivity index (χ1) is 10.3. The maximum atomic E-state index is 12.8. The van der Waals surface area contributed by atoms with Crippen LogP contribution in [0.25, 0.3) is 10.9 Å². The summed E-state index contributed by atoms with van der Waals surface area (Å²) in [6, 6.07) is 7.57. The lowest BCUT2D eigenvalue weighted by Crippen LogP contribution is -2.48. The topological polar surface area (TPSA) is 78.1 Å². The second kappa shape index (κ2) is 4.58. The number of piperidine rings is 1. The molecule has 1 aromatic carbocycles. The molecule has 3 heterocycles. The maximum absolute atomic E-state index is 12.8. The van der Waals surface area contributed by atoms with Crippen molar-refractivity contribution in [1.82, 2.24) is 20.4 Å². The molecule has 2 saturated heterocycles. The minimum absolute atomic E-state index is 0.0331. The SMILES string of the molecule is O=C1NCC2C1CCCN2C(=O)c1n[nH]c2ccccc12. The summed E-state index contributed by atoms with van der Waals surface area (Å²) < 4.78 is 0. The molecule has 2 aromatic rings. The Labute approximate surface area is 121 Å². The molecule has 2 unspecified atom stereocenters. The Kier molecular flexibility index (Phi) is 2.70. The summed E-state index contributed by atoms with van der Waals surface area (Å²) in [5, 5.41) is 10.8. The van der Waals surface area contributed by atoms with E-state index in [1.165, 1.54) is 0 Å². The monoisotopic (exact) mass is 284 g/mol. The summed E-state index contributed by atoms with van der Waals surface area (Å²) in [6.45, 7) is 1.24. The molecule has 0 saturated carbocycles. The molecular formula is C15H16N4O2. The zero-order valence-electron chi connectivity index (χ0n) is 11.5. The summed E-state index contributed by atoms with van der Waals surface area (Å²) in [7, 11) is 0. The molecule has 6 heteroatoms. The standard InChI is InChI=1S/C15H16N4O2/c20-14-10-5-3-7-19(12(10)8-16-14)15(21)13-9-4-1-2-6-11(9)17-18-13/h1-2,4,6,10,12H,3,5,7-8H2,(H,16,20)(H,17,18). The Morgan fingerprint density at radius 2 is 2.19 bits per heavy atom. The summed E-state index contributed by atoms with van der Waals surface area (Å²) in [4.78, 5) is 26.4. The van der Waals surface area contributed by atoms with Gasteiger partial charge in [-0.1, -0.05) is 18.2 Å². The normalized spacial score (nSPS) is 25.0. The molecule has 108 valence electrons. The largest absolute Gasteiger partial charge is 0.354 e. The number of benzene rings is 1. The fourth-order valence-corrected chi connectivity index (χ4v) is 3.47. The summed E-state index contributed by atoms with van der Waals surface area (Å²) in [6.07, 6.45) is 1.73. The van der Waals surface area contributed by atoms with Crippen LogP contribution in [0.1, 0.15) is 23.3 Å². The second-order valence-electron chi connectivity index (χ2n) is 5.68. The van der Waals surface area contributed by atoms with Gasteiger partial charge in [0.25, 0.3) is 5.91 Å². The predicted molar refractivity (Wildman–Crippen MR) is 76.7 cm³/mol. The van der Waals surface area contributed by atoms with Crippen LogP contribution in [-0.4, -0.2) is 46.0 Å². The molecule has 6 nitrogen and oxygen atoms in total. The number of para-hydroxylation sites is 1. The Hall–Kier alpha value is -2.37. The van der Waals surface area contributed by atoms with Crippen molar-refractivity contribution in [2.45, 2.75) is 18.9 Å². The first kappa shape index (κ1) is 12.4. The van der Waals surface area contributed by atoms with Crippen LogP contribution in [0.5, 0.6) is 0 Å². The molecule has 2 aliphatic heterocycles. The van der Waals surface area contributed by atoms with Gasteiger partial charge in [0.05, 0.1) is 17.5 Å². The zero-order valence-corrected chi connectivity index (χ0v) is 11.5. The van der Waals surface area contributed by atoms with Crippen molar-refractivity contribution in [2.24, 2.45) is 5.92 Å². The molecule has 2 atom stereocenters. The molecule has 2 amide bonds. The number of amides is 2. The average molecular weight is 284 g/mol. The van der Waals surface area contributed by atoms with E-state index in [0.29, 0.717) is 18.8 Å². The van der Waals surface area contributed by atoms with Gasteiger partial charge in [0, 0.05) is 18.5 Å². The van der Waals surface area contributed by atoms with E-state index < -0.39 is 0 Å². The highest BCUT2D eigenvalue weighted by molar-refractivity contribution is 6.05. The van der Waals surface area contributed by atoms with E-state index in [1.54, 1.807) is 0 Å². The van der Waals surface area contributed by atoms with Gasteiger partial charge >= 0.3 is 0 Å². The van der Waals surface area contributed by atoms with Gasteiger partial charge in [-0.2, -0.15) is 5.10 Å². The Balaban J connectivity index is 1.69. The average Bonchev–Trinajstić information content (AvgIpc) is 3.11. The number of nitrogens with one attached hydrogen (secondary N) is 2. The van der Waals surface area contributed by atoms with Gasteiger partial charge in [-0.25, -0.2) is 0 Å². The van der Waals surface area contributed by atoms with Crippen molar-refractivity contribution in [3.05, 3.63) is 30.0 Å². The third kappa shape index (κ3) is 1.82. The first-order valence-electron chi connectivity index (χ1n) is 7.27. The highest BCUT2D eigenvalue weighted by Gasteiger charge is 2.43. The fourth-order valence-electron chi connectivity index (χ4n) is 3.47. The molecule has 0 radical (unpaired) electrons. The number of hydrogen-bond donors (Lipinski definition) is 2. The molecule has 21 heavy (non-hydrogen) atoms. The van der Waals surface area contributed by atoms with Crippen LogP contribution in [0.2, 0.25) is 0 Å². The zero-order chi connectivity index (χ0) is 14.4. The van der Waals surface area contributed by atoms with Gasteiger partial charge < -0.3 is 10.2 Å². The predicted octanol–water partition coefficient (Wildman–Crippen LogP) is 0.913. The Morgan fingerprint density at radius 1 is 1.33 bits per heavy atom. The first-order valence-corrected chi connectivity index (χ1v) is 7.27. The lowest BCUT2D eigenvalue weighted by atomic mass is 9.91. The minimum atomic E-state index is -0.0846. The van der Waals surface area contributed by atoms with Gasteiger partial charge in [0.2, 0.25) is 5.91 Å². The quantitative estimate of drug-likeness (QED) is 0.817. The molecule has 2 N–H and O–H groups in total. The van der Waals surface area contributed by atoms with Crippen LogP contribution in [0, 0.1) is 5.92 Å². The van der Waals surface area contributed by atoms with E-state index in [4.69, 9.17) is 0 Å². The van der Waals surface area contributed by atoms with Crippen molar-refractivity contribution in [3.8, 4) is 0 Å². The highest BCUT2D eigenvalue weighted by Crippen LogP contribution is 2.29. The number of fused-ring (bicyclic) bond motifs is 2. The van der Waals surface area contributed by atoms with Crippen LogP contribution < -0.4 is 5.32 Å². The molecule has 0 aliphatic carbocycles. The van der Waals surface area contributed by atoms with Crippen LogP contribution in [0.3, 0.4) is 0 Å². The molecule has 0 bridgehead atoms. The smallest absolute Gasteiger partial charge is 0.275 e. The minimum Gasteiger partial charge on any atom is -0.354 e. The Morgan fingerprint density at radius 3 is 3.10 bits per heavy atom.